The van der Waals surface area contributed by atoms with Gasteiger partial charge in [-0.05, 0) is 25.2 Å². The molecular weight excluding hydrogens is 274 g/mol. The van der Waals surface area contributed by atoms with Crippen LogP contribution in [-0.2, 0) is 9.59 Å². The fourth-order valence-corrected chi connectivity index (χ4v) is 3.64. The second-order valence-electron chi connectivity index (χ2n) is 5.46. The van der Waals surface area contributed by atoms with E-state index in [1.165, 1.54) is 0 Å². The average Bonchev–Trinajstić information content (AvgIpc) is 3.16. The molecule has 0 spiro atoms. The molecule has 1 N–H and O–H groups in total. The van der Waals surface area contributed by atoms with Crippen molar-refractivity contribution in [3.63, 3.8) is 0 Å². The molecule has 1 aliphatic carbocycles. The highest BCUT2D eigenvalue weighted by Gasteiger charge is 2.42. The summed E-state index contributed by atoms with van der Waals surface area (Å²) in [6, 6.07) is -0.324. The number of aromatic nitrogens is 1. The zero-order valence-corrected chi connectivity index (χ0v) is 12.4. The second kappa shape index (κ2) is 5.52. The van der Waals surface area contributed by atoms with Crippen LogP contribution in [-0.4, -0.2) is 34.3 Å². The number of amides is 2. The number of hydrogen-bond donors (Lipinski definition) is 1. The van der Waals surface area contributed by atoms with E-state index in [9.17, 15) is 9.59 Å². The van der Waals surface area contributed by atoms with Gasteiger partial charge in [0.1, 0.15) is 11.0 Å². The Morgan fingerprint density at radius 1 is 1.50 bits per heavy atom. The minimum atomic E-state index is -0.320. The van der Waals surface area contributed by atoms with Crippen molar-refractivity contribution in [3.05, 3.63) is 16.6 Å². The van der Waals surface area contributed by atoms with E-state index in [0.717, 1.165) is 24.3 Å². The maximum Gasteiger partial charge on any atom is 0.246 e. The van der Waals surface area contributed by atoms with Gasteiger partial charge in [-0.1, -0.05) is 6.92 Å². The number of carbonyl (C=O) groups excluding carboxylic acids is 2. The van der Waals surface area contributed by atoms with Crippen LogP contribution in [0.25, 0.3) is 0 Å². The van der Waals surface area contributed by atoms with E-state index in [4.69, 9.17) is 0 Å². The first-order valence-electron chi connectivity index (χ1n) is 7.20. The van der Waals surface area contributed by atoms with E-state index in [-0.39, 0.29) is 23.9 Å². The van der Waals surface area contributed by atoms with Gasteiger partial charge in [-0.3, -0.25) is 9.59 Å². The monoisotopic (exact) mass is 293 g/mol. The van der Waals surface area contributed by atoms with Crippen LogP contribution in [0.1, 0.15) is 43.7 Å². The lowest BCUT2D eigenvalue weighted by Crippen LogP contribution is -2.47. The van der Waals surface area contributed by atoms with Gasteiger partial charge < -0.3 is 10.2 Å². The van der Waals surface area contributed by atoms with Crippen LogP contribution in [0, 0.1) is 5.92 Å². The number of thiazole rings is 1. The first-order chi connectivity index (χ1) is 9.70. The fourth-order valence-electron chi connectivity index (χ4n) is 2.80. The topological polar surface area (TPSA) is 62.3 Å². The van der Waals surface area contributed by atoms with Gasteiger partial charge >= 0.3 is 0 Å². The lowest BCUT2D eigenvalue weighted by molar-refractivity contribution is -0.136. The Balaban J connectivity index is 1.85. The molecule has 1 aromatic rings. The van der Waals surface area contributed by atoms with Gasteiger partial charge in [-0.25, -0.2) is 4.98 Å². The molecule has 2 unspecified atom stereocenters. The molecule has 108 valence electrons. The minimum absolute atomic E-state index is 0.00329. The molecule has 2 aliphatic rings. The Bertz CT molecular complexity index is 499. The summed E-state index contributed by atoms with van der Waals surface area (Å²) in [6.07, 6.45) is 5.06. The summed E-state index contributed by atoms with van der Waals surface area (Å²) in [4.78, 5) is 30.8. The van der Waals surface area contributed by atoms with Crippen molar-refractivity contribution in [2.24, 2.45) is 5.92 Å². The normalized spacial score (nSPS) is 25.2. The highest BCUT2D eigenvalue weighted by molar-refractivity contribution is 7.09. The zero-order chi connectivity index (χ0) is 14.1. The summed E-state index contributed by atoms with van der Waals surface area (Å²) in [7, 11) is 0. The lowest BCUT2D eigenvalue weighted by Gasteiger charge is -2.30. The molecule has 2 fully saturated rings. The van der Waals surface area contributed by atoms with E-state index in [1.807, 2.05) is 10.3 Å². The molecule has 0 aromatic carbocycles. The quantitative estimate of drug-likeness (QED) is 0.919. The largest absolute Gasteiger partial charge is 0.344 e. The van der Waals surface area contributed by atoms with E-state index < -0.39 is 0 Å². The highest BCUT2D eigenvalue weighted by Crippen LogP contribution is 2.36. The Kier molecular flexibility index (Phi) is 3.74. The van der Waals surface area contributed by atoms with Crippen LogP contribution >= 0.6 is 11.3 Å². The Hall–Kier alpha value is -1.43. The SMILES string of the molecule is CCC(c1nccs1)N1CCC(=O)NC(C2CC2)C1=O. The maximum atomic E-state index is 12.8. The van der Waals surface area contributed by atoms with Crippen molar-refractivity contribution >= 4 is 23.2 Å². The molecule has 6 heteroatoms. The zero-order valence-electron chi connectivity index (χ0n) is 11.5. The van der Waals surface area contributed by atoms with E-state index in [2.05, 4.69) is 17.2 Å². The van der Waals surface area contributed by atoms with Crippen LogP contribution in [0.15, 0.2) is 11.6 Å². The molecule has 3 rings (SSSR count). The number of rotatable bonds is 4. The molecular formula is C14H19N3O2S. The molecule has 1 saturated heterocycles. The third-order valence-electron chi connectivity index (χ3n) is 4.04. The van der Waals surface area contributed by atoms with Gasteiger partial charge in [0.15, 0.2) is 0 Å². The molecule has 2 atom stereocenters. The first kappa shape index (κ1) is 13.5. The van der Waals surface area contributed by atoms with Gasteiger partial charge in [0.2, 0.25) is 11.8 Å². The number of nitrogens with zero attached hydrogens (tertiary/aromatic N) is 2. The van der Waals surface area contributed by atoms with Crippen LogP contribution < -0.4 is 5.32 Å². The standard InChI is InChI=1S/C14H19N3O2S/c1-2-10(13-15-6-8-20-13)17-7-5-11(18)16-12(14(17)19)9-3-4-9/h6,8-10,12H,2-5,7H2,1H3,(H,16,18). The third-order valence-corrected chi connectivity index (χ3v) is 4.91. The highest BCUT2D eigenvalue weighted by atomic mass is 32.1. The van der Waals surface area contributed by atoms with Crippen LogP contribution in [0.3, 0.4) is 0 Å². The summed E-state index contributed by atoms with van der Waals surface area (Å²) < 4.78 is 0. The molecule has 1 saturated carbocycles. The predicted octanol–water partition coefficient (Wildman–Crippen LogP) is 1.72. The maximum absolute atomic E-state index is 12.8. The molecule has 2 amide bonds. The van der Waals surface area contributed by atoms with Crippen molar-refractivity contribution in [1.29, 1.82) is 0 Å². The molecule has 0 bridgehead atoms. The predicted molar refractivity (Wildman–Crippen MR) is 76.1 cm³/mol. The average molecular weight is 293 g/mol. The Morgan fingerprint density at radius 3 is 2.90 bits per heavy atom. The smallest absolute Gasteiger partial charge is 0.246 e. The first-order valence-corrected chi connectivity index (χ1v) is 8.08. The summed E-state index contributed by atoms with van der Waals surface area (Å²) >= 11 is 1.57. The summed E-state index contributed by atoms with van der Waals surface area (Å²) in [5.41, 5.74) is 0. The van der Waals surface area contributed by atoms with Gasteiger partial charge in [-0.2, -0.15) is 0 Å². The van der Waals surface area contributed by atoms with Crippen molar-refractivity contribution in [2.75, 3.05) is 6.54 Å². The molecule has 20 heavy (non-hydrogen) atoms. The second-order valence-corrected chi connectivity index (χ2v) is 6.38. The van der Waals surface area contributed by atoms with E-state index in [1.54, 1.807) is 17.5 Å². The van der Waals surface area contributed by atoms with Crippen LogP contribution in [0.4, 0.5) is 0 Å². The lowest BCUT2D eigenvalue weighted by atomic mass is 10.1. The van der Waals surface area contributed by atoms with Gasteiger partial charge in [0, 0.05) is 24.5 Å². The molecule has 5 nitrogen and oxygen atoms in total. The number of nitrogens with one attached hydrogen (secondary N) is 1. The van der Waals surface area contributed by atoms with Crippen molar-refractivity contribution < 1.29 is 9.59 Å². The van der Waals surface area contributed by atoms with Crippen molar-refractivity contribution in [2.45, 2.75) is 44.7 Å². The van der Waals surface area contributed by atoms with Crippen molar-refractivity contribution in [1.82, 2.24) is 15.2 Å². The number of carbonyl (C=O) groups is 2. The van der Waals surface area contributed by atoms with Crippen LogP contribution in [0.5, 0.6) is 0 Å². The minimum Gasteiger partial charge on any atom is -0.344 e. The van der Waals surface area contributed by atoms with Crippen molar-refractivity contribution in [3.8, 4) is 0 Å². The Morgan fingerprint density at radius 2 is 2.30 bits per heavy atom. The van der Waals surface area contributed by atoms with Gasteiger partial charge in [0.25, 0.3) is 0 Å². The third kappa shape index (κ3) is 2.57. The summed E-state index contributed by atoms with van der Waals surface area (Å²) in [6.45, 7) is 2.55. The molecule has 1 aliphatic heterocycles. The van der Waals surface area contributed by atoms with Gasteiger partial charge in [-0.15, -0.1) is 11.3 Å². The Labute approximate surface area is 122 Å². The summed E-state index contributed by atoms with van der Waals surface area (Å²) in [5.74, 6) is 0.396. The molecule has 1 aromatic heterocycles. The molecule has 0 radical (unpaired) electrons. The molecule has 2 heterocycles. The van der Waals surface area contributed by atoms with E-state index in [0.29, 0.717) is 18.9 Å². The van der Waals surface area contributed by atoms with Gasteiger partial charge in [0.05, 0.1) is 6.04 Å². The van der Waals surface area contributed by atoms with Crippen LogP contribution in [0.2, 0.25) is 0 Å². The summed E-state index contributed by atoms with van der Waals surface area (Å²) in [5, 5.41) is 5.79. The fraction of sp³-hybridized carbons (Fsp3) is 0.643. The van der Waals surface area contributed by atoms with E-state index >= 15 is 0 Å². The number of hydrogen-bond acceptors (Lipinski definition) is 4.